The number of rotatable bonds is 4. The summed E-state index contributed by atoms with van der Waals surface area (Å²) >= 11 is 0. The zero-order valence-electron chi connectivity index (χ0n) is 8.75. The van der Waals surface area contributed by atoms with Gasteiger partial charge in [-0.05, 0) is 18.8 Å². The summed E-state index contributed by atoms with van der Waals surface area (Å²) in [5, 5.41) is 3.60. The average molecular weight is 186 g/mol. The average Bonchev–Trinajstić information content (AvgIpc) is 2.15. The molecule has 1 aliphatic heterocycles. The summed E-state index contributed by atoms with van der Waals surface area (Å²) in [5.74, 6) is 0.618. The van der Waals surface area contributed by atoms with E-state index < -0.39 is 0 Å². The molecule has 78 valence electrons. The fourth-order valence-corrected chi connectivity index (χ4v) is 1.70. The standard InChI is InChI=1S/C10H22N2O/c1-8(2)10(7-11)12-9-3-5-13-6-4-9/h8-10,12H,3-7,11H2,1-2H3. The smallest absolute Gasteiger partial charge is 0.0480 e. The van der Waals surface area contributed by atoms with Crippen molar-refractivity contribution in [2.75, 3.05) is 19.8 Å². The van der Waals surface area contributed by atoms with Gasteiger partial charge in [-0.1, -0.05) is 13.8 Å². The first-order valence-electron chi connectivity index (χ1n) is 5.28. The second-order valence-corrected chi connectivity index (χ2v) is 4.14. The van der Waals surface area contributed by atoms with Crippen molar-refractivity contribution in [1.29, 1.82) is 0 Å². The lowest BCUT2D eigenvalue weighted by molar-refractivity contribution is 0.0733. The Morgan fingerprint density at radius 1 is 1.38 bits per heavy atom. The third-order valence-electron chi connectivity index (χ3n) is 2.73. The highest BCUT2D eigenvalue weighted by Gasteiger charge is 2.18. The lowest BCUT2D eigenvalue weighted by atomic mass is 10.0. The molecule has 3 N–H and O–H groups in total. The Morgan fingerprint density at radius 3 is 2.46 bits per heavy atom. The molecule has 0 saturated carbocycles. The number of nitrogens with one attached hydrogen (secondary N) is 1. The van der Waals surface area contributed by atoms with E-state index in [1.807, 2.05) is 0 Å². The first kappa shape index (κ1) is 11.0. The molecule has 3 heteroatoms. The van der Waals surface area contributed by atoms with Crippen molar-refractivity contribution in [2.45, 2.75) is 38.8 Å². The number of nitrogens with two attached hydrogens (primary N) is 1. The molecule has 1 saturated heterocycles. The summed E-state index contributed by atoms with van der Waals surface area (Å²) in [6.45, 7) is 6.95. The maximum absolute atomic E-state index is 5.70. The predicted molar refractivity (Wildman–Crippen MR) is 54.7 cm³/mol. The Labute approximate surface area is 81.0 Å². The largest absolute Gasteiger partial charge is 0.381 e. The van der Waals surface area contributed by atoms with Gasteiger partial charge < -0.3 is 15.8 Å². The van der Waals surface area contributed by atoms with E-state index in [1.165, 1.54) is 0 Å². The van der Waals surface area contributed by atoms with Crippen LogP contribution in [0.25, 0.3) is 0 Å². The van der Waals surface area contributed by atoms with Crippen LogP contribution in [0.2, 0.25) is 0 Å². The van der Waals surface area contributed by atoms with E-state index in [4.69, 9.17) is 10.5 Å². The van der Waals surface area contributed by atoms with Gasteiger partial charge >= 0.3 is 0 Å². The molecule has 0 aromatic rings. The minimum absolute atomic E-state index is 0.461. The van der Waals surface area contributed by atoms with Crippen LogP contribution in [0.4, 0.5) is 0 Å². The summed E-state index contributed by atoms with van der Waals surface area (Å²) in [7, 11) is 0. The van der Waals surface area contributed by atoms with E-state index in [9.17, 15) is 0 Å². The fourth-order valence-electron chi connectivity index (χ4n) is 1.70. The Balaban J connectivity index is 2.27. The van der Waals surface area contributed by atoms with Gasteiger partial charge in [0.1, 0.15) is 0 Å². The molecular weight excluding hydrogens is 164 g/mol. The van der Waals surface area contributed by atoms with E-state index in [0.29, 0.717) is 18.0 Å². The third-order valence-corrected chi connectivity index (χ3v) is 2.73. The summed E-state index contributed by atoms with van der Waals surface area (Å²) < 4.78 is 5.30. The first-order chi connectivity index (χ1) is 6.24. The summed E-state index contributed by atoms with van der Waals surface area (Å²) in [4.78, 5) is 0. The Hall–Kier alpha value is -0.120. The molecule has 0 aliphatic carbocycles. The molecule has 0 spiro atoms. The van der Waals surface area contributed by atoms with Crippen LogP contribution >= 0.6 is 0 Å². The summed E-state index contributed by atoms with van der Waals surface area (Å²) in [6.07, 6.45) is 2.26. The minimum atomic E-state index is 0.461. The molecule has 1 atom stereocenters. The first-order valence-corrected chi connectivity index (χ1v) is 5.28. The SMILES string of the molecule is CC(C)C(CN)NC1CCOCC1. The van der Waals surface area contributed by atoms with Gasteiger partial charge in [0.15, 0.2) is 0 Å². The lowest BCUT2D eigenvalue weighted by Crippen LogP contribution is -2.47. The van der Waals surface area contributed by atoms with Gasteiger partial charge in [-0.25, -0.2) is 0 Å². The van der Waals surface area contributed by atoms with Gasteiger partial charge in [0.25, 0.3) is 0 Å². The van der Waals surface area contributed by atoms with Crippen molar-refractivity contribution < 1.29 is 4.74 Å². The van der Waals surface area contributed by atoms with Crippen LogP contribution in [-0.4, -0.2) is 31.8 Å². The Bertz CT molecular complexity index is 133. The second kappa shape index (κ2) is 5.58. The highest BCUT2D eigenvalue weighted by atomic mass is 16.5. The molecular formula is C10H22N2O. The summed E-state index contributed by atoms with van der Waals surface area (Å²) in [6, 6.07) is 1.08. The van der Waals surface area contributed by atoms with Crippen LogP contribution in [0.15, 0.2) is 0 Å². The molecule has 1 unspecified atom stereocenters. The van der Waals surface area contributed by atoms with Gasteiger partial charge in [0, 0.05) is 31.8 Å². The zero-order chi connectivity index (χ0) is 9.68. The van der Waals surface area contributed by atoms with E-state index in [1.54, 1.807) is 0 Å². The van der Waals surface area contributed by atoms with Crippen LogP contribution in [0.5, 0.6) is 0 Å². The molecule has 0 radical (unpaired) electrons. The molecule has 0 amide bonds. The molecule has 0 aromatic heterocycles. The van der Waals surface area contributed by atoms with Gasteiger partial charge in [-0.2, -0.15) is 0 Å². The van der Waals surface area contributed by atoms with Gasteiger partial charge in [0.05, 0.1) is 0 Å². The van der Waals surface area contributed by atoms with E-state index in [-0.39, 0.29) is 0 Å². The van der Waals surface area contributed by atoms with Crippen LogP contribution < -0.4 is 11.1 Å². The van der Waals surface area contributed by atoms with Crippen molar-refractivity contribution >= 4 is 0 Å². The Kier molecular flexibility index (Phi) is 4.70. The third kappa shape index (κ3) is 3.63. The molecule has 1 rings (SSSR count). The maximum atomic E-state index is 5.70. The normalized spacial score (nSPS) is 22.2. The maximum Gasteiger partial charge on any atom is 0.0480 e. The topological polar surface area (TPSA) is 47.3 Å². The van der Waals surface area contributed by atoms with Crippen molar-refractivity contribution in [3.8, 4) is 0 Å². The van der Waals surface area contributed by atoms with Gasteiger partial charge in [0.2, 0.25) is 0 Å². The van der Waals surface area contributed by atoms with Crippen LogP contribution in [0, 0.1) is 5.92 Å². The van der Waals surface area contributed by atoms with Crippen LogP contribution in [0.3, 0.4) is 0 Å². The zero-order valence-corrected chi connectivity index (χ0v) is 8.75. The van der Waals surface area contributed by atoms with Gasteiger partial charge in [-0.3, -0.25) is 0 Å². The van der Waals surface area contributed by atoms with E-state index >= 15 is 0 Å². The number of hydrogen-bond donors (Lipinski definition) is 2. The summed E-state index contributed by atoms with van der Waals surface area (Å²) in [5.41, 5.74) is 5.70. The van der Waals surface area contributed by atoms with Crippen LogP contribution in [0.1, 0.15) is 26.7 Å². The van der Waals surface area contributed by atoms with Crippen molar-refractivity contribution in [3.05, 3.63) is 0 Å². The monoisotopic (exact) mass is 186 g/mol. The molecule has 13 heavy (non-hydrogen) atoms. The number of ether oxygens (including phenoxy) is 1. The van der Waals surface area contributed by atoms with Crippen molar-refractivity contribution in [3.63, 3.8) is 0 Å². The molecule has 0 aromatic carbocycles. The molecule has 1 aliphatic rings. The highest BCUT2D eigenvalue weighted by molar-refractivity contribution is 4.78. The highest BCUT2D eigenvalue weighted by Crippen LogP contribution is 2.09. The number of hydrogen-bond acceptors (Lipinski definition) is 3. The molecule has 1 fully saturated rings. The van der Waals surface area contributed by atoms with Gasteiger partial charge in [-0.15, -0.1) is 0 Å². The molecule has 0 bridgehead atoms. The quantitative estimate of drug-likeness (QED) is 0.680. The second-order valence-electron chi connectivity index (χ2n) is 4.14. The fraction of sp³-hybridized carbons (Fsp3) is 1.00. The van der Waals surface area contributed by atoms with E-state index in [0.717, 1.165) is 32.6 Å². The predicted octanol–water partition coefficient (Wildman–Crippen LogP) is 0.738. The minimum Gasteiger partial charge on any atom is -0.381 e. The Morgan fingerprint density at radius 2 is 2.00 bits per heavy atom. The lowest BCUT2D eigenvalue weighted by Gasteiger charge is -2.29. The molecule has 3 nitrogen and oxygen atoms in total. The van der Waals surface area contributed by atoms with Crippen molar-refractivity contribution in [2.24, 2.45) is 11.7 Å². The van der Waals surface area contributed by atoms with Crippen molar-refractivity contribution in [1.82, 2.24) is 5.32 Å². The van der Waals surface area contributed by atoms with Crippen LogP contribution in [-0.2, 0) is 4.74 Å². The van der Waals surface area contributed by atoms with E-state index in [2.05, 4.69) is 19.2 Å². The molecule has 1 heterocycles.